The van der Waals surface area contributed by atoms with E-state index in [0.717, 1.165) is 11.8 Å². The quantitative estimate of drug-likeness (QED) is 0.126. The van der Waals surface area contributed by atoms with E-state index in [1.807, 2.05) is 11.8 Å². The number of hydrogen-bond donors (Lipinski definition) is 0. The summed E-state index contributed by atoms with van der Waals surface area (Å²) < 4.78 is 0. The number of rotatable bonds is 10. The van der Waals surface area contributed by atoms with Crippen LogP contribution in [0.2, 0.25) is 0 Å². The number of anilines is 10. The van der Waals surface area contributed by atoms with Gasteiger partial charge in [-0.2, -0.15) is 0 Å². The van der Waals surface area contributed by atoms with E-state index in [4.69, 9.17) is 0 Å². The van der Waals surface area contributed by atoms with Crippen molar-refractivity contribution in [1.82, 2.24) is 0 Å². The van der Waals surface area contributed by atoms with Gasteiger partial charge in [0.15, 0.2) is 0 Å². The van der Waals surface area contributed by atoms with Gasteiger partial charge in [0.2, 0.25) is 6.71 Å². The Balaban J connectivity index is 0.847. The summed E-state index contributed by atoms with van der Waals surface area (Å²) >= 11 is 1.99. The minimum Gasteiger partial charge on any atom is -0.365 e. The first-order valence-electron chi connectivity index (χ1n) is 38.0. The fourth-order valence-corrected chi connectivity index (χ4v) is 22.2. The zero-order valence-electron chi connectivity index (χ0n) is 59.3. The van der Waals surface area contributed by atoms with Gasteiger partial charge in [-0.15, -0.1) is 0 Å². The number of fused-ring (bicyclic) bond motifs is 10. The molecule has 0 aromatic heterocycles. The average Bonchev–Trinajstić information content (AvgIpc) is 1.57. The fourth-order valence-electron chi connectivity index (χ4n) is 21.0. The van der Waals surface area contributed by atoms with Gasteiger partial charge in [-0.05, 0) is 211 Å². The maximum atomic E-state index is 2.99. The van der Waals surface area contributed by atoms with Gasteiger partial charge in [0, 0.05) is 89.6 Å². The Bertz CT molecular complexity index is 5700. The van der Waals surface area contributed by atoms with Crippen LogP contribution in [-0.4, -0.2) is 25.5 Å². The number of para-hydroxylation sites is 3. The van der Waals surface area contributed by atoms with E-state index in [1.165, 1.54) is 204 Å². The lowest BCUT2D eigenvalue weighted by atomic mass is 9.31. The maximum Gasteiger partial charge on any atom is 0.252 e. The molecule has 4 unspecified atom stereocenters. The first-order valence-corrected chi connectivity index (χ1v) is 38.8. The number of hydrogen-bond acceptors (Lipinski definition) is 5. The highest BCUT2D eigenvalue weighted by Gasteiger charge is 2.69. The van der Waals surface area contributed by atoms with Gasteiger partial charge >= 0.3 is 0 Å². The molecule has 1 spiro atoms. The Morgan fingerprint density at radius 2 is 0.714 bits per heavy atom. The Kier molecular flexibility index (Phi) is 13.6. The minimum atomic E-state index is -0.194. The summed E-state index contributed by atoms with van der Waals surface area (Å²) in [5.41, 5.74) is 36.2. The Morgan fingerprint density at radius 3 is 1.19 bits per heavy atom. The molecule has 14 aromatic rings. The molecule has 1 saturated heterocycles. The molecule has 4 fully saturated rings. The standard InChI is InChI=1S/C98H76B2N4S/c1-97(2,3)70-54-88-94-92(55-70)105-91-59-87-83(58-84(91)100(94)82-44-26-28-46-86(82)103(88)95-77(64-33-15-6-16-34-64)47-68(62-29-11-4-12-30-62)48-78(95)65-35-17-7-18-36-65)99-81-43-25-27-45-85(81)102(73-41-23-10-24-42-73)89-56-74(101-75-52-71-51-72-53-76(101)61-98(71,72)60-75)57-90(93(89)99)104(87)96-79(66-37-19-8-20-38-66)49-69(63-31-13-5-14-32-63)50-80(96)67-39-21-9-22-40-67/h4-50,54-59,71-72,75-76H,51-53,60-61H2,1-3H3. The second-order valence-corrected chi connectivity index (χ2v) is 33.0. The van der Waals surface area contributed by atoms with Gasteiger partial charge in [0.1, 0.15) is 0 Å². The first kappa shape index (κ1) is 61.3. The molecule has 4 nitrogen and oxygen atoms in total. The van der Waals surface area contributed by atoms with Crippen molar-refractivity contribution in [1.29, 1.82) is 0 Å². The van der Waals surface area contributed by atoms with E-state index in [1.54, 1.807) is 0 Å². The van der Waals surface area contributed by atoms with Crippen LogP contribution in [0.5, 0.6) is 0 Å². The van der Waals surface area contributed by atoms with E-state index in [2.05, 4.69) is 362 Å². The van der Waals surface area contributed by atoms with Crippen LogP contribution in [0.4, 0.5) is 56.9 Å². The second-order valence-electron chi connectivity index (χ2n) is 31.9. The second kappa shape index (κ2) is 23.4. The molecule has 0 radical (unpaired) electrons. The van der Waals surface area contributed by atoms with Gasteiger partial charge in [0.05, 0.1) is 11.4 Å². The molecular weight excluding hydrogens is 1290 g/mol. The van der Waals surface area contributed by atoms with Crippen molar-refractivity contribution in [3.8, 4) is 66.8 Å². The lowest BCUT2D eigenvalue weighted by Crippen LogP contribution is -2.64. The van der Waals surface area contributed by atoms with E-state index in [-0.39, 0.29) is 18.8 Å². The zero-order valence-corrected chi connectivity index (χ0v) is 60.1. The topological polar surface area (TPSA) is 13.0 Å². The van der Waals surface area contributed by atoms with Gasteiger partial charge in [-0.25, -0.2) is 0 Å². The summed E-state index contributed by atoms with van der Waals surface area (Å²) in [4.78, 5) is 13.8. The lowest BCUT2D eigenvalue weighted by Gasteiger charge is -2.49. The number of nitrogens with zero attached hydrogens (tertiary/aromatic N) is 4. The normalized spacial score (nSPS) is 19.3. The van der Waals surface area contributed by atoms with Crippen LogP contribution in [0.1, 0.15) is 58.4 Å². The summed E-state index contributed by atoms with van der Waals surface area (Å²) in [6, 6.07) is 124. The van der Waals surface area contributed by atoms with Crippen LogP contribution in [0, 0.1) is 17.3 Å². The van der Waals surface area contributed by atoms with Crippen molar-refractivity contribution >= 4 is 115 Å². The Labute approximate surface area is 621 Å². The van der Waals surface area contributed by atoms with E-state index in [0.29, 0.717) is 17.5 Å². The summed E-state index contributed by atoms with van der Waals surface area (Å²) in [6.07, 6.45) is 6.65. The number of benzene rings is 14. The molecule has 4 atom stereocenters. The molecule has 5 aliphatic heterocycles. The highest BCUT2D eigenvalue weighted by atomic mass is 32.2. The molecule has 0 amide bonds. The summed E-state index contributed by atoms with van der Waals surface area (Å²) in [7, 11) is 0. The van der Waals surface area contributed by atoms with Gasteiger partial charge in [0.25, 0.3) is 6.71 Å². The fraction of sp³-hybridized carbons (Fsp3) is 0.143. The maximum absolute atomic E-state index is 2.99. The number of piperidine rings is 1. The van der Waals surface area contributed by atoms with Crippen molar-refractivity contribution in [2.24, 2.45) is 17.3 Å². The van der Waals surface area contributed by atoms with Gasteiger partial charge < -0.3 is 19.6 Å². The van der Waals surface area contributed by atoms with Gasteiger partial charge in [-0.1, -0.05) is 281 Å². The van der Waals surface area contributed by atoms with Crippen LogP contribution in [0.15, 0.2) is 331 Å². The molecule has 8 aliphatic rings. The van der Waals surface area contributed by atoms with Crippen LogP contribution in [-0.2, 0) is 5.41 Å². The summed E-state index contributed by atoms with van der Waals surface area (Å²) in [6.45, 7) is 6.95. The van der Waals surface area contributed by atoms with Crippen molar-refractivity contribution in [2.75, 3.05) is 19.6 Å². The third-order valence-corrected chi connectivity index (χ3v) is 26.6. The van der Waals surface area contributed by atoms with E-state index < -0.39 is 0 Å². The highest BCUT2D eigenvalue weighted by Crippen LogP contribution is 2.73. The molecule has 3 aliphatic carbocycles. The molecule has 0 N–H and O–H groups in total. The first-order chi connectivity index (χ1) is 51.7. The predicted octanol–water partition coefficient (Wildman–Crippen LogP) is 21.6. The minimum absolute atomic E-state index is 0.113. The third kappa shape index (κ3) is 9.29. The zero-order chi connectivity index (χ0) is 69.4. The molecule has 3 saturated carbocycles. The Hall–Kier alpha value is -11.2. The summed E-state index contributed by atoms with van der Waals surface area (Å²) in [5, 5.41) is 0. The third-order valence-electron chi connectivity index (χ3n) is 25.5. The smallest absolute Gasteiger partial charge is 0.252 e. The average molecular weight is 1360 g/mol. The molecular formula is C98H76B2N4S. The van der Waals surface area contributed by atoms with E-state index >= 15 is 0 Å². The molecule has 5 heterocycles. The van der Waals surface area contributed by atoms with Crippen LogP contribution < -0.4 is 52.4 Å². The van der Waals surface area contributed by atoms with Crippen molar-refractivity contribution in [3.63, 3.8) is 0 Å². The van der Waals surface area contributed by atoms with Crippen LogP contribution in [0.25, 0.3) is 66.8 Å². The molecule has 22 rings (SSSR count). The molecule has 105 heavy (non-hydrogen) atoms. The molecule has 7 heteroatoms. The van der Waals surface area contributed by atoms with E-state index in [9.17, 15) is 0 Å². The van der Waals surface area contributed by atoms with Crippen molar-refractivity contribution < 1.29 is 0 Å². The summed E-state index contributed by atoms with van der Waals surface area (Å²) in [5.74, 6) is 1.69. The van der Waals surface area contributed by atoms with Crippen LogP contribution >= 0.6 is 11.8 Å². The predicted molar refractivity (Wildman–Crippen MR) is 444 cm³/mol. The largest absolute Gasteiger partial charge is 0.365 e. The molecule has 500 valence electrons. The Morgan fingerprint density at radius 1 is 0.314 bits per heavy atom. The monoisotopic (exact) mass is 1360 g/mol. The molecule has 14 aromatic carbocycles. The van der Waals surface area contributed by atoms with Gasteiger partial charge in [-0.3, -0.25) is 0 Å². The SMILES string of the molecule is CC(C)(C)c1cc2c3c(c1)N(c1c(-c4ccccc4)cc(-c4ccccc4)cc1-c1ccccc1)c1ccccc1B3c1cc3c(cc1S2)N(c1c(-c2ccccc2)cc(-c2ccccc2)cc1-c1ccccc1)c1cc(N2C4CC5CC6CC2CC56C4)cc2c1B3c1ccccc1N2c1ccccc1. The highest BCUT2D eigenvalue weighted by molar-refractivity contribution is 8.00. The van der Waals surface area contributed by atoms with Crippen molar-refractivity contribution in [3.05, 3.63) is 327 Å². The lowest BCUT2D eigenvalue weighted by molar-refractivity contribution is 0.00224. The van der Waals surface area contributed by atoms with Crippen molar-refractivity contribution in [2.45, 2.75) is 80.2 Å². The molecule has 3 bridgehead atoms. The van der Waals surface area contributed by atoms with Crippen LogP contribution in [0.3, 0.4) is 0 Å².